The average molecular weight is 351 g/mol. The van der Waals surface area contributed by atoms with Crippen LogP contribution in [0, 0.1) is 13.8 Å². The van der Waals surface area contributed by atoms with Crippen LogP contribution in [-0.2, 0) is 4.79 Å². The van der Waals surface area contributed by atoms with Crippen LogP contribution >= 0.6 is 23.1 Å². The molecule has 1 amide bonds. The largest absolute Gasteiger partial charge is 0.355 e. The lowest BCUT2D eigenvalue weighted by atomic mass is 10.1. The van der Waals surface area contributed by atoms with Gasteiger partial charge in [0.2, 0.25) is 11.0 Å². The van der Waals surface area contributed by atoms with Crippen molar-refractivity contribution in [1.29, 1.82) is 0 Å². The molecule has 1 aromatic carbocycles. The van der Waals surface area contributed by atoms with Gasteiger partial charge in [0, 0.05) is 12.2 Å². The molecule has 0 saturated heterocycles. The predicted molar refractivity (Wildman–Crippen MR) is 97.7 cm³/mol. The third kappa shape index (κ3) is 4.94. The van der Waals surface area contributed by atoms with Gasteiger partial charge in [-0.1, -0.05) is 42.2 Å². The second kappa shape index (κ2) is 8.31. The fourth-order valence-corrected chi connectivity index (χ4v) is 3.84. The van der Waals surface area contributed by atoms with Gasteiger partial charge in [0.05, 0.1) is 5.25 Å². The average Bonchev–Trinajstić information content (AvgIpc) is 2.96. The zero-order chi connectivity index (χ0) is 16.8. The Hall–Kier alpha value is -1.60. The highest BCUT2D eigenvalue weighted by atomic mass is 32.2. The van der Waals surface area contributed by atoms with Gasteiger partial charge >= 0.3 is 0 Å². The topological polar surface area (TPSA) is 66.9 Å². The maximum Gasteiger partial charge on any atom is 0.233 e. The Balaban J connectivity index is 1.98. The van der Waals surface area contributed by atoms with Crippen LogP contribution in [0.3, 0.4) is 0 Å². The number of thioether (sulfide) groups is 1. The maximum absolute atomic E-state index is 11.9. The first kappa shape index (κ1) is 17.7. The van der Waals surface area contributed by atoms with Gasteiger partial charge in [0.1, 0.15) is 0 Å². The summed E-state index contributed by atoms with van der Waals surface area (Å²) in [4.78, 5) is 11.9. The van der Waals surface area contributed by atoms with Crippen molar-refractivity contribution in [1.82, 2.24) is 15.5 Å². The standard InChI is InChI=1S/C16H22N4OS2/c1-5-9-17-14(21)12(4)22-16-20-19-15(23-16)18-13-8-6-7-10(2)11(13)3/h6-8,12H,5,9H2,1-4H3,(H,17,21)(H,18,19). The van der Waals surface area contributed by atoms with Crippen LogP contribution in [0.15, 0.2) is 22.5 Å². The first-order chi connectivity index (χ1) is 11.0. The SMILES string of the molecule is CCCNC(=O)C(C)Sc1nnc(Nc2cccc(C)c2C)s1. The number of carbonyl (C=O) groups excluding carboxylic acids is 1. The Labute approximate surface area is 145 Å². The maximum atomic E-state index is 11.9. The smallest absolute Gasteiger partial charge is 0.233 e. The molecule has 1 atom stereocenters. The van der Waals surface area contributed by atoms with E-state index < -0.39 is 0 Å². The molecule has 124 valence electrons. The van der Waals surface area contributed by atoms with Crippen LogP contribution in [0.5, 0.6) is 0 Å². The molecular weight excluding hydrogens is 328 g/mol. The Morgan fingerprint density at radius 3 is 2.87 bits per heavy atom. The number of amides is 1. The van der Waals surface area contributed by atoms with Gasteiger partial charge in [0.25, 0.3) is 0 Å². The molecule has 0 aliphatic carbocycles. The minimum Gasteiger partial charge on any atom is -0.355 e. The van der Waals surface area contributed by atoms with Crippen LogP contribution < -0.4 is 10.6 Å². The molecule has 5 nitrogen and oxygen atoms in total. The van der Waals surface area contributed by atoms with Crippen molar-refractivity contribution in [2.75, 3.05) is 11.9 Å². The Morgan fingerprint density at radius 2 is 2.13 bits per heavy atom. The van der Waals surface area contributed by atoms with Crippen molar-refractivity contribution in [2.45, 2.75) is 43.7 Å². The third-order valence-electron chi connectivity index (χ3n) is 3.45. The molecule has 0 radical (unpaired) electrons. The first-order valence-electron chi connectivity index (χ1n) is 7.62. The van der Waals surface area contributed by atoms with Crippen molar-refractivity contribution in [3.8, 4) is 0 Å². The zero-order valence-electron chi connectivity index (χ0n) is 13.8. The number of rotatable bonds is 7. The fourth-order valence-electron chi connectivity index (χ4n) is 1.91. The number of aryl methyl sites for hydroxylation is 1. The molecule has 1 unspecified atom stereocenters. The highest BCUT2D eigenvalue weighted by molar-refractivity contribution is 8.02. The summed E-state index contributed by atoms with van der Waals surface area (Å²) in [6.07, 6.45) is 0.936. The van der Waals surface area contributed by atoms with Gasteiger partial charge in [-0.05, 0) is 44.4 Å². The summed E-state index contributed by atoms with van der Waals surface area (Å²) in [7, 11) is 0. The summed E-state index contributed by atoms with van der Waals surface area (Å²) < 4.78 is 0.789. The molecule has 1 aromatic heterocycles. The molecule has 0 fully saturated rings. The summed E-state index contributed by atoms with van der Waals surface area (Å²) in [6.45, 7) is 8.79. The summed E-state index contributed by atoms with van der Waals surface area (Å²) in [5.74, 6) is 0.0380. The predicted octanol–water partition coefficient (Wildman–Crippen LogP) is 3.91. The molecule has 2 N–H and O–H groups in total. The van der Waals surface area contributed by atoms with Gasteiger partial charge < -0.3 is 10.6 Å². The van der Waals surface area contributed by atoms with Gasteiger partial charge in [-0.3, -0.25) is 4.79 Å². The Bertz CT molecular complexity index is 672. The minimum atomic E-state index is -0.178. The Morgan fingerprint density at radius 1 is 1.35 bits per heavy atom. The number of benzene rings is 1. The zero-order valence-corrected chi connectivity index (χ0v) is 15.5. The summed E-state index contributed by atoms with van der Waals surface area (Å²) in [5.41, 5.74) is 3.46. The van der Waals surface area contributed by atoms with Gasteiger partial charge in [-0.25, -0.2) is 0 Å². The summed E-state index contributed by atoms with van der Waals surface area (Å²) in [5, 5.41) is 15.1. The van der Waals surface area contributed by atoms with Gasteiger partial charge in [0.15, 0.2) is 4.34 Å². The lowest BCUT2D eigenvalue weighted by Crippen LogP contribution is -2.31. The van der Waals surface area contributed by atoms with E-state index in [1.54, 1.807) is 0 Å². The van der Waals surface area contributed by atoms with Crippen LogP contribution in [0.25, 0.3) is 0 Å². The fraction of sp³-hybridized carbons (Fsp3) is 0.438. The monoisotopic (exact) mass is 350 g/mol. The van der Waals surface area contributed by atoms with Crippen molar-refractivity contribution in [3.63, 3.8) is 0 Å². The molecule has 2 aromatic rings. The molecule has 7 heteroatoms. The summed E-state index contributed by atoms with van der Waals surface area (Å²) in [6, 6.07) is 6.12. The lowest BCUT2D eigenvalue weighted by Gasteiger charge is -2.09. The number of hydrogen-bond acceptors (Lipinski definition) is 6. The summed E-state index contributed by atoms with van der Waals surface area (Å²) >= 11 is 2.90. The molecule has 1 heterocycles. The van der Waals surface area contributed by atoms with Crippen molar-refractivity contribution >= 4 is 39.8 Å². The molecule has 0 spiro atoms. The quantitative estimate of drug-likeness (QED) is 0.741. The van der Waals surface area contributed by atoms with E-state index >= 15 is 0 Å². The molecular formula is C16H22N4OS2. The van der Waals surface area contributed by atoms with Crippen molar-refractivity contribution < 1.29 is 4.79 Å². The molecule has 0 saturated carbocycles. The molecule has 2 rings (SSSR count). The minimum absolute atomic E-state index is 0.0380. The van der Waals surface area contributed by atoms with Gasteiger partial charge in [-0.15, -0.1) is 10.2 Å². The van der Waals surface area contributed by atoms with E-state index in [9.17, 15) is 4.79 Å². The van der Waals surface area contributed by atoms with Crippen LogP contribution in [0.1, 0.15) is 31.4 Å². The van der Waals surface area contributed by atoms with E-state index in [1.807, 2.05) is 26.0 Å². The van der Waals surface area contributed by atoms with E-state index in [1.165, 1.54) is 34.2 Å². The van der Waals surface area contributed by atoms with E-state index in [0.717, 1.165) is 21.6 Å². The molecule has 0 aliphatic rings. The van der Waals surface area contributed by atoms with Crippen LogP contribution in [0.4, 0.5) is 10.8 Å². The number of aromatic nitrogens is 2. The highest BCUT2D eigenvalue weighted by Gasteiger charge is 2.16. The van der Waals surface area contributed by atoms with E-state index in [4.69, 9.17) is 0 Å². The number of nitrogens with one attached hydrogen (secondary N) is 2. The number of nitrogens with zero attached hydrogens (tertiary/aromatic N) is 2. The van der Waals surface area contributed by atoms with E-state index in [-0.39, 0.29) is 11.2 Å². The van der Waals surface area contributed by atoms with Crippen molar-refractivity contribution in [3.05, 3.63) is 29.3 Å². The normalized spacial score (nSPS) is 12.0. The number of hydrogen-bond donors (Lipinski definition) is 2. The van der Waals surface area contributed by atoms with Gasteiger partial charge in [-0.2, -0.15) is 0 Å². The molecule has 23 heavy (non-hydrogen) atoms. The third-order valence-corrected chi connectivity index (χ3v) is 5.47. The second-order valence-electron chi connectivity index (χ2n) is 5.30. The first-order valence-corrected chi connectivity index (χ1v) is 9.32. The molecule has 0 aliphatic heterocycles. The van der Waals surface area contributed by atoms with E-state index in [0.29, 0.717) is 6.54 Å². The number of anilines is 2. The lowest BCUT2D eigenvalue weighted by molar-refractivity contribution is -0.120. The Kier molecular flexibility index (Phi) is 6.41. The van der Waals surface area contributed by atoms with Crippen LogP contribution in [0.2, 0.25) is 0 Å². The van der Waals surface area contributed by atoms with Crippen molar-refractivity contribution in [2.24, 2.45) is 0 Å². The van der Waals surface area contributed by atoms with E-state index in [2.05, 4.69) is 40.7 Å². The molecule has 0 bridgehead atoms. The number of carbonyl (C=O) groups is 1. The second-order valence-corrected chi connectivity index (χ2v) is 7.86. The van der Waals surface area contributed by atoms with Crippen LogP contribution in [-0.4, -0.2) is 27.9 Å². The highest BCUT2D eigenvalue weighted by Crippen LogP contribution is 2.31.